The molecule has 1 aliphatic heterocycles. The zero-order valence-corrected chi connectivity index (χ0v) is 32.1. The smallest absolute Gasteiger partial charge is 0.265 e. The standard InChI is InChI=1S/C44H41NO6S3/c46-53(47,48)26-23-34-10-6-8-32(28-34)16-20-41-39(18-17-37-14-4-5-15-40(37)41)31-44-45(25-22-33-9-7-11-35(29-33)24-27-54(49,50)51)42-30-38(19-21-43(42)52-44)36-12-2-1-3-13-36/h1-15,17-19,21,28-31H,16,20,22-27H2,(H,46,47,48)(H,49,50,51). The molecule has 6 aromatic carbocycles. The van der Waals surface area contributed by atoms with Crippen LogP contribution in [0.5, 0.6) is 0 Å². The van der Waals surface area contributed by atoms with Gasteiger partial charge in [0.15, 0.2) is 0 Å². The van der Waals surface area contributed by atoms with Gasteiger partial charge in [0.2, 0.25) is 0 Å². The van der Waals surface area contributed by atoms with Crippen molar-refractivity contribution < 1.29 is 25.9 Å². The summed E-state index contributed by atoms with van der Waals surface area (Å²) < 4.78 is 64.2. The third kappa shape index (κ3) is 9.68. The Morgan fingerprint density at radius 3 is 1.83 bits per heavy atom. The molecule has 0 amide bonds. The van der Waals surface area contributed by atoms with Crippen molar-refractivity contribution in [3.63, 3.8) is 0 Å². The van der Waals surface area contributed by atoms with Crippen LogP contribution in [-0.4, -0.2) is 44.0 Å². The lowest BCUT2D eigenvalue weighted by Crippen LogP contribution is -2.21. The fraction of sp³-hybridized carbons (Fsp3) is 0.182. The molecule has 276 valence electrons. The number of fused-ring (bicyclic) bond motifs is 2. The minimum absolute atomic E-state index is 0.250. The number of hydrogen-bond acceptors (Lipinski definition) is 6. The van der Waals surface area contributed by atoms with Gasteiger partial charge in [-0.15, -0.1) is 0 Å². The highest BCUT2D eigenvalue weighted by Crippen LogP contribution is 2.48. The summed E-state index contributed by atoms with van der Waals surface area (Å²) in [6, 6.07) is 45.6. The second-order valence-electron chi connectivity index (χ2n) is 13.6. The summed E-state index contributed by atoms with van der Waals surface area (Å²) in [4.78, 5) is 3.56. The third-order valence-electron chi connectivity index (χ3n) is 9.76. The van der Waals surface area contributed by atoms with Crippen LogP contribution in [0.1, 0.15) is 33.4 Å². The predicted molar refractivity (Wildman–Crippen MR) is 221 cm³/mol. The number of thioether (sulfide) groups is 1. The molecule has 7 rings (SSSR count). The molecule has 0 spiro atoms. The van der Waals surface area contributed by atoms with Crippen molar-refractivity contribution in [2.75, 3.05) is 23.0 Å². The first-order chi connectivity index (χ1) is 26.0. The van der Waals surface area contributed by atoms with Crippen molar-refractivity contribution in [3.05, 3.63) is 172 Å². The van der Waals surface area contributed by atoms with E-state index in [4.69, 9.17) is 0 Å². The van der Waals surface area contributed by atoms with Crippen molar-refractivity contribution in [3.8, 4) is 11.1 Å². The van der Waals surface area contributed by atoms with E-state index in [0.29, 0.717) is 6.54 Å². The van der Waals surface area contributed by atoms with E-state index in [9.17, 15) is 25.9 Å². The number of benzene rings is 6. The van der Waals surface area contributed by atoms with Gasteiger partial charge in [-0.25, -0.2) is 0 Å². The van der Waals surface area contributed by atoms with E-state index in [1.54, 1.807) is 11.8 Å². The van der Waals surface area contributed by atoms with Crippen LogP contribution in [0.4, 0.5) is 5.69 Å². The summed E-state index contributed by atoms with van der Waals surface area (Å²) in [5.41, 5.74) is 9.72. The molecule has 6 aromatic rings. The molecular weight excluding hydrogens is 735 g/mol. The highest BCUT2D eigenvalue weighted by atomic mass is 32.2. The number of rotatable bonds is 14. The van der Waals surface area contributed by atoms with Crippen LogP contribution >= 0.6 is 11.8 Å². The molecular formula is C44H41NO6S3. The van der Waals surface area contributed by atoms with Gasteiger partial charge >= 0.3 is 0 Å². The van der Waals surface area contributed by atoms with E-state index >= 15 is 0 Å². The maximum Gasteiger partial charge on any atom is 0.265 e. The molecule has 0 fully saturated rings. The van der Waals surface area contributed by atoms with E-state index in [2.05, 4.69) is 89.8 Å². The monoisotopic (exact) mass is 775 g/mol. The summed E-state index contributed by atoms with van der Waals surface area (Å²) in [5, 5.41) is 3.47. The number of hydrogen-bond donors (Lipinski definition) is 2. The molecule has 0 atom stereocenters. The summed E-state index contributed by atoms with van der Waals surface area (Å²) in [6.07, 6.45) is 5.06. The minimum atomic E-state index is -4.05. The van der Waals surface area contributed by atoms with Crippen molar-refractivity contribution >= 4 is 54.5 Å². The topological polar surface area (TPSA) is 112 Å². The highest BCUT2D eigenvalue weighted by molar-refractivity contribution is 8.03. The molecule has 0 unspecified atom stereocenters. The average molecular weight is 776 g/mol. The first kappa shape index (κ1) is 37.6. The van der Waals surface area contributed by atoms with E-state index < -0.39 is 20.2 Å². The minimum Gasteiger partial charge on any atom is -0.335 e. The van der Waals surface area contributed by atoms with E-state index in [-0.39, 0.29) is 24.3 Å². The van der Waals surface area contributed by atoms with Crippen molar-refractivity contribution in [1.29, 1.82) is 0 Å². The Morgan fingerprint density at radius 1 is 0.556 bits per heavy atom. The largest absolute Gasteiger partial charge is 0.335 e. The lowest BCUT2D eigenvalue weighted by Gasteiger charge is -2.22. The van der Waals surface area contributed by atoms with Gasteiger partial charge in [-0.1, -0.05) is 133 Å². The van der Waals surface area contributed by atoms with Gasteiger partial charge in [0.1, 0.15) is 0 Å². The Kier molecular flexibility index (Phi) is 11.4. The first-order valence-electron chi connectivity index (χ1n) is 17.9. The fourth-order valence-electron chi connectivity index (χ4n) is 7.03. The summed E-state index contributed by atoms with van der Waals surface area (Å²) >= 11 is 1.75. The maximum absolute atomic E-state index is 11.4. The quantitative estimate of drug-likeness (QED) is 0.105. The third-order valence-corrected chi connectivity index (χ3v) is 12.3. The van der Waals surface area contributed by atoms with Gasteiger partial charge < -0.3 is 4.90 Å². The van der Waals surface area contributed by atoms with Crippen LogP contribution in [0.2, 0.25) is 0 Å². The Balaban J connectivity index is 1.22. The number of nitrogens with zero attached hydrogens (tertiary/aromatic N) is 1. The molecule has 2 N–H and O–H groups in total. The van der Waals surface area contributed by atoms with Crippen LogP contribution in [-0.2, 0) is 52.3 Å². The van der Waals surface area contributed by atoms with Crippen LogP contribution in [0.3, 0.4) is 0 Å². The maximum atomic E-state index is 11.4. The van der Waals surface area contributed by atoms with Gasteiger partial charge in [-0.3, -0.25) is 9.11 Å². The van der Waals surface area contributed by atoms with Gasteiger partial charge in [0.25, 0.3) is 20.2 Å². The molecule has 0 saturated carbocycles. The van der Waals surface area contributed by atoms with Crippen LogP contribution in [0, 0.1) is 0 Å². The SMILES string of the molecule is O=S(=O)(O)CCc1cccc(CCc2c(C=C3Sc4ccc(-c5ccccc5)cc4N3CCc3cccc(CCS(=O)(=O)O)c3)ccc3ccccc23)c1. The molecule has 0 aromatic heterocycles. The second kappa shape index (κ2) is 16.3. The zero-order valence-electron chi connectivity index (χ0n) is 29.6. The van der Waals surface area contributed by atoms with Crippen molar-refractivity contribution in [2.45, 2.75) is 37.0 Å². The second-order valence-corrected chi connectivity index (χ2v) is 17.8. The summed E-state index contributed by atoms with van der Waals surface area (Å²) in [5.74, 6) is -0.615. The molecule has 54 heavy (non-hydrogen) atoms. The van der Waals surface area contributed by atoms with Gasteiger partial charge in [-0.05, 0) is 106 Å². The van der Waals surface area contributed by atoms with Crippen molar-refractivity contribution in [1.82, 2.24) is 0 Å². The predicted octanol–water partition coefficient (Wildman–Crippen LogP) is 9.31. The Hall–Kier alpha value is -4.71. The lowest BCUT2D eigenvalue weighted by atomic mass is 9.93. The van der Waals surface area contributed by atoms with Crippen LogP contribution in [0.15, 0.2) is 143 Å². The van der Waals surface area contributed by atoms with E-state index in [0.717, 1.165) is 74.3 Å². The number of aryl methyl sites for hydroxylation is 4. The molecule has 1 aliphatic rings. The van der Waals surface area contributed by atoms with Crippen LogP contribution in [0.25, 0.3) is 28.0 Å². The number of anilines is 1. The van der Waals surface area contributed by atoms with E-state index in [1.165, 1.54) is 15.8 Å². The van der Waals surface area contributed by atoms with Gasteiger partial charge in [0.05, 0.1) is 22.2 Å². The van der Waals surface area contributed by atoms with Crippen LogP contribution < -0.4 is 4.90 Å². The normalized spacial score (nSPS) is 13.8. The Morgan fingerprint density at radius 2 is 1.17 bits per heavy atom. The Bertz CT molecular complexity index is 2550. The summed E-state index contributed by atoms with van der Waals surface area (Å²) in [7, 11) is -8.09. The molecule has 0 aliphatic carbocycles. The fourth-order valence-corrected chi connectivity index (χ4v) is 9.14. The first-order valence-corrected chi connectivity index (χ1v) is 21.9. The summed E-state index contributed by atoms with van der Waals surface area (Å²) in [6.45, 7) is 0.699. The molecule has 1 heterocycles. The molecule has 7 nitrogen and oxygen atoms in total. The van der Waals surface area contributed by atoms with Crippen molar-refractivity contribution in [2.24, 2.45) is 0 Å². The average Bonchev–Trinajstić information content (AvgIpc) is 3.51. The molecule has 0 bridgehead atoms. The van der Waals surface area contributed by atoms with Gasteiger partial charge in [0, 0.05) is 11.4 Å². The van der Waals surface area contributed by atoms with E-state index in [1.807, 2.05) is 54.6 Å². The van der Waals surface area contributed by atoms with Gasteiger partial charge in [-0.2, -0.15) is 16.8 Å². The molecule has 0 saturated heterocycles. The zero-order chi connectivity index (χ0) is 37.7. The highest BCUT2D eigenvalue weighted by Gasteiger charge is 2.26. The Labute approximate surface area is 321 Å². The lowest BCUT2D eigenvalue weighted by molar-refractivity contribution is 0.480. The molecule has 10 heteroatoms. The molecule has 0 radical (unpaired) electrons.